The molecule has 1 aliphatic rings. The van der Waals surface area contributed by atoms with E-state index >= 15 is 0 Å². The third-order valence-electron chi connectivity index (χ3n) is 3.88. The van der Waals surface area contributed by atoms with Crippen LogP contribution in [0.2, 0.25) is 0 Å². The minimum atomic E-state index is 0.504. The Hall–Kier alpha value is -2.29. The zero-order valence-electron chi connectivity index (χ0n) is 12.1. The summed E-state index contributed by atoms with van der Waals surface area (Å²) < 4.78 is 11.1. The predicted molar refractivity (Wildman–Crippen MR) is 81.2 cm³/mol. The molecule has 2 aromatic carbocycles. The molecule has 108 valence electrons. The summed E-state index contributed by atoms with van der Waals surface area (Å²) >= 11 is 0. The van der Waals surface area contributed by atoms with Crippen LogP contribution in [0.5, 0.6) is 11.5 Å². The molecule has 0 fully saturated rings. The van der Waals surface area contributed by atoms with Crippen molar-refractivity contribution in [3.8, 4) is 11.5 Å². The van der Waals surface area contributed by atoms with Crippen LogP contribution in [-0.2, 0) is 19.4 Å². The van der Waals surface area contributed by atoms with Crippen LogP contribution in [-0.4, -0.2) is 13.4 Å². The van der Waals surface area contributed by atoms with Crippen molar-refractivity contribution in [1.29, 1.82) is 0 Å². The standard InChI is InChI=1S/C18H18O3/c1-20-18-10-13(11-19)6-8-17(18)21-12-14-5-7-15-3-2-4-16(15)9-14/h5-11H,2-4,12H2,1H3. The van der Waals surface area contributed by atoms with E-state index in [1.807, 2.05) is 0 Å². The molecule has 0 bridgehead atoms. The second kappa shape index (κ2) is 6.00. The van der Waals surface area contributed by atoms with Crippen LogP contribution in [0.3, 0.4) is 0 Å². The highest BCUT2D eigenvalue weighted by molar-refractivity contribution is 5.76. The van der Waals surface area contributed by atoms with Crippen molar-refractivity contribution in [3.05, 3.63) is 58.7 Å². The summed E-state index contributed by atoms with van der Waals surface area (Å²) in [6.45, 7) is 0.504. The zero-order valence-corrected chi connectivity index (χ0v) is 12.1. The maximum Gasteiger partial charge on any atom is 0.161 e. The van der Waals surface area contributed by atoms with Crippen molar-refractivity contribution in [2.75, 3.05) is 7.11 Å². The molecule has 0 spiro atoms. The molecule has 0 atom stereocenters. The molecule has 0 heterocycles. The third kappa shape index (κ3) is 2.92. The molecule has 0 radical (unpaired) electrons. The van der Waals surface area contributed by atoms with Crippen molar-refractivity contribution < 1.29 is 14.3 Å². The van der Waals surface area contributed by atoms with Crippen LogP contribution in [0, 0.1) is 0 Å². The van der Waals surface area contributed by atoms with Gasteiger partial charge in [0.05, 0.1) is 7.11 Å². The van der Waals surface area contributed by atoms with E-state index in [1.54, 1.807) is 25.3 Å². The van der Waals surface area contributed by atoms with E-state index in [0.29, 0.717) is 23.7 Å². The number of carbonyl (C=O) groups is 1. The summed E-state index contributed by atoms with van der Waals surface area (Å²) in [4.78, 5) is 10.8. The van der Waals surface area contributed by atoms with Gasteiger partial charge in [-0.1, -0.05) is 18.2 Å². The van der Waals surface area contributed by atoms with Gasteiger partial charge in [-0.15, -0.1) is 0 Å². The number of rotatable bonds is 5. The first-order chi connectivity index (χ1) is 10.3. The molecule has 0 saturated carbocycles. The summed E-state index contributed by atoms with van der Waals surface area (Å²) in [6.07, 6.45) is 4.41. The lowest BCUT2D eigenvalue weighted by Crippen LogP contribution is -1.99. The highest BCUT2D eigenvalue weighted by Crippen LogP contribution is 2.29. The molecular formula is C18H18O3. The van der Waals surface area contributed by atoms with Crippen molar-refractivity contribution in [2.24, 2.45) is 0 Å². The van der Waals surface area contributed by atoms with Gasteiger partial charge in [-0.3, -0.25) is 4.79 Å². The van der Waals surface area contributed by atoms with Crippen LogP contribution < -0.4 is 9.47 Å². The molecule has 0 aromatic heterocycles. The summed E-state index contributed by atoms with van der Waals surface area (Å²) in [7, 11) is 1.58. The van der Waals surface area contributed by atoms with Gasteiger partial charge in [-0.25, -0.2) is 0 Å². The smallest absolute Gasteiger partial charge is 0.161 e. The number of ether oxygens (including phenoxy) is 2. The molecule has 0 unspecified atom stereocenters. The molecule has 3 rings (SSSR count). The Bertz CT molecular complexity index is 662. The number of hydrogen-bond acceptors (Lipinski definition) is 3. The Morgan fingerprint density at radius 2 is 1.90 bits per heavy atom. The third-order valence-corrected chi connectivity index (χ3v) is 3.88. The Morgan fingerprint density at radius 3 is 2.71 bits per heavy atom. The number of hydrogen-bond donors (Lipinski definition) is 0. The molecule has 0 saturated heterocycles. The normalized spacial score (nSPS) is 12.8. The van der Waals surface area contributed by atoms with Crippen LogP contribution in [0.4, 0.5) is 0 Å². The van der Waals surface area contributed by atoms with Crippen LogP contribution >= 0.6 is 0 Å². The fourth-order valence-electron chi connectivity index (χ4n) is 2.75. The van der Waals surface area contributed by atoms with E-state index in [9.17, 15) is 4.79 Å². The van der Waals surface area contributed by atoms with Gasteiger partial charge in [0.2, 0.25) is 0 Å². The van der Waals surface area contributed by atoms with Crippen molar-refractivity contribution in [1.82, 2.24) is 0 Å². The number of aryl methyl sites for hydroxylation is 2. The maximum atomic E-state index is 10.8. The van der Waals surface area contributed by atoms with Crippen LogP contribution in [0.1, 0.15) is 33.5 Å². The quantitative estimate of drug-likeness (QED) is 0.786. The van der Waals surface area contributed by atoms with Gasteiger partial charge in [0.15, 0.2) is 11.5 Å². The Kier molecular flexibility index (Phi) is 3.91. The molecular weight excluding hydrogens is 264 g/mol. The highest BCUT2D eigenvalue weighted by Gasteiger charge is 2.11. The second-order valence-corrected chi connectivity index (χ2v) is 5.27. The number of fused-ring (bicyclic) bond motifs is 1. The van der Waals surface area contributed by atoms with Gasteiger partial charge < -0.3 is 9.47 Å². The summed E-state index contributed by atoms with van der Waals surface area (Å²) in [5.74, 6) is 1.24. The molecule has 0 aliphatic heterocycles. The molecule has 1 aliphatic carbocycles. The highest BCUT2D eigenvalue weighted by atomic mass is 16.5. The first kappa shape index (κ1) is 13.7. The predicted octanol–water partition coefficient (Wildman–Crippen LogP) is 3.58. The van der Waals surface area contributed by atoms with Gasteiger partial charge >= 0.3 is 0 Å². The Labute approximate surface area is 124 Å². The van der Waals surface area contributed by atoms with Crippen molar-refractivity contribution in [2.45, 2.75) is 25.9 Å². The van der Waals surface area contributed by atoms with E-state index in [1.165, 1.54) is 30.4 Å². The average molecular weight is 282 g/mol. The molecule has 3 heteroatoms. The molecule has 0 amide bonds. The van der Waals surface area contributed by atoms with E-state index in [-0.39, 0.29) is 0 Å². The summed E-state index contributed by atoms with van der Waals surface area (Å²) in [5, 5.41) is 0. The van der Waals surface area contributed by atoms with Gasteiger partial charge in [0.1, 0.15) is 12.9 Å². The van der Waals surface area contributed by atoms with Gasteiger partial charge in [-0.2, -0.15) is 0 Å². The van der Waals surface area contributed by atoms with Crippen molar-refractivity contribution in [3.63, 3.8) is 0 Å². The van der Waals surface area contributed by atoms with E-state index in [0.717, 1.165) is 11.8 Å². The number of benzene rings is 2. The van der Waals surface area contributed by atoms with Gasteiger partial charge in [-0.05, 0) is 54.2 Å². The maximum absolute atomic E-state index is 10.8. The number of aldehydes is 1. The van der Waals surface area contributed by atoms with Crippen LogP contribution in [0.25, 0.3) is 0 Å². The van der Waals surface area contributed by atoms with E-state index < -0.39 is 0 Å². The SMILES string of the molecule is COc1cc(C=O)ccc1OCc1ccc2c(c1)CCC2. The number of methoxy groups -OCH3 is 1. The summed E-state index contributed by atoms with van der Waals surface area (Å²) in [6, 6.07) is 11.7. The lowest BCUT2D eigenvalue weighted by Gasteiger charge is -2.12. The second-order valence-electron chi connectivity index (χ2n) is 5.27. The van der Waals surface area contributed by atoms with E-state index in [2.05, 4.69) is 18.2 Å². The fourth-order valence-corrected chi connectivity index (χ4v) is 2.75. The molecule has 0 N–H and O–H groups in total. The molecule has 3 nitrogen and oxygen atoms in total. The minimum Gasteiger partial charge on any atom is -0.493 e. The largest absolute Gasteiger partial charge is 0.493 e. The monoisotopic (exact) mass is 282 g/mol. The Morgan fingerprint density at radius 1 is 1.05 bits per heavy atom. The zero-order chi connectivity index (χ0) is 14.7. The average Bonchev–Trinajstić information content (AvgIpc) is 3.00. The fraction of sp³-hybridized carbons (Fsp3) is 0.278. The number of carbonyl (C=O) groups excluding carboxylic acids is 1. The van der Waals surface area contributed by atoms with Crippen LogP contribution in [0.15, 0.2) is 36.4 Å². The molecule has 2 aromatic rings. The van der Waals surface area contributed by atoms with E-state index in [4.69, 9.17) is 9.47 Å². The lowest BCUT2D eigenvalue weighted by atomic mass is 10.1. The first-order valence-corrected chi connectivity index (χ1v) is 7.17. The summed E-state index contributed by atoms with van der Waals surface area (Å²) in [5.41, 5.74) is 4.65. The molecule has 21 heavy (non-hydrogen) atoms. The topological polar surface area (TPSA) is 35.5 Å². The van der Waals surface area contributed by atoms with Gasteiger partial charge in [0, 0.05) is 5.56 Å². The Balaban J connectivity index is 1.74. The first-order valence-electron chi connectivity index (χ1n) is 7.17. The van der Waals surface area contributed by atoms with Gasteiger partial charge in [0.25, 0.3) is 0 Å². The lowest BCUT2D eigenvalue weighted by molar-refractivity contribution is 0.112. The van der Waals surface area contributed by atoms with Crippen molar-refractivity contribution >= 4 is 6.29 Å². The minimum absolute atomic E-state index is 0.504.